The fourth-order valence-corrected chi connectivity index (χ4v) is 2.71. The van der Waals surface area contributed by atoms with Crippen molar-refractivity contribution in [1.82, 2.24) is 9.55 Å². The lowest BCUT2D eigenvalue weighted by molar-refractivity contribution is 0.342. The van der Waals surface area contributed by atoms with Crippen LogP contribution >= 0.6 is 27.5 Å². The Bertz CT molecular complexity index is 607. The van der Waals surface area contributed by atoms with Gasteiger partial charge in [0.25, 0.3) is 0 Å². The van der Waals surface area contributed by atoms with E-state index in [1.165, 1.54) is 6.07 Å². The zero-order valence-electron chi connectivity index (χ0n) is 11.3. The molecule has 0 aliphatic carbocycles. The van der Waals surface area contributed by atoms with Crippen LogP contribution in [0.3, 0.4) is 0 Å². The summed E-state index contributed by atoms with van der Waals surface area (Å²) in [5, 5.41) is 0. The summed E-state index contributed by atoms with van der Waals surface area (Å²) in [4.78, 5) is 4.54. The third-order valence-electron chi connectivity index (χ3n) is 3.55. The molecule has 2 rings (SSSR count). The summed E-state index contributed by atoms with van der Waals surface area (Å²) in [5.74, 6) is 1.13. The minimum absolute atomic E-state index is 0.0760. The lowest BCUT2D eigenvalue weighted by atomic mass is 10.0. The van der Waals surface area contributed by atoms with E-state index >= 15 is 0 Å². The van der Waals surface area contributed by atoms with Gasteiger partial charge in [-0.1, -0.05) is 6.92 Å². The highest BCUT2D eigenvalue weighted by molar-refractivity contribution is 9.10. The van der Waals surface area contributed by atoms with Gasteiger partial charge in [0.15, 0.2) is 0 Å². The Hall–Kier alpha value is -0.610. The van der Waals surface area contributed by atoms with Gasteiger partial charge < -0.3 is 4.57 Å². The molecule has 0 N–H and O–H groups in total. The highest BCUT2D eigenvalue weighted by Gasteiger charge is 2.24. The topological polar surface area (TPSA) is 17.8 Å². The number of aryl methyl sites for hydroxylation is 1. The van der Waals surface area contributed by atoms with E-state index in [1.807, 2.05) is 0 Å². The van der Waals surface area contributed by atoms with Crippen LogP contribution in [0.2, 0.25) is 0 Å². The number of rotatable bonds is 4. The molecule has 0 saturated carbocycles. The Morgan fingerprint density at radius 3 is 2.68 bits per heavy atom. The molecule has 2 nitrogen and oxygen atoms in total. The van der Waals surface area contributed by atoms with Crippen molar-refractivity contribution >= 4 is 38.6 Å². The largest absolute Gasteiger partial charge is 0.322 e. The minimum Gasteiger partial charge on any atom is -0.322 e. The summed E-state index contributed by atoms with van der Waals surface area (Å²) >= 11 is 9.10. The van der Waals surface area contributed by atoms with Gasteiger partial charge in [-0.3, -0.25) is 0 Å². The quantitative estimate of drug-likeness (QED) is 0.722. The van der Waals surface area contributed by atoms with E-state index in [-0.39, 0.29) is 11.4 Å². The number of alkyl halides is 1. The first-order valence-electron chi connectivity index (χ1n) is 6.33. The van der Waals surface area contributed by atoms with Gasteiger partial charge in [0.2, 0.25) is 0 Å². The molecule has 1 aromatic carbocycles. The number of halogens is 3. The van der Waals surface area contributed by atoms with E-state index in [2.05, 4.69) is 46.3 Å². The summed E-state index contributed by atoms with van der Waals surface area (Å²) in [6.07, 6.45) is 1.64. The van der Waals surface area contributed by atoms with Gasteiger partial charge in [-0.05, 0) is 42.3 Å². The summed E-state index contributed by atoms with van der Waals surface area (Å²) in [7, 11) is 0. The van der Waals surface area contributed by atoms with Crippen molar-refractivity contribution in [2.24, 2.45) is 0 Å². The molecule has 0 fully saturated rings. The van der Waals surface area contributed by atoms with Crippen molar-refractivity contribution < 1.29 is 4.39 Å². The maximum absolute atomic E-state index is 13.6. The van der Waals surface area contributed by atoms with Crippen LogP contribution in [0, 0.1) is 5.82 Å². The second-order valence-electron chi connectivity index (χ2n) is 5.22. The Balaban J connectivity index is 2.76. The van der Waals surface area contributed by atoms with Gasteiger partial charge in [-0.25, -0.2) is 9.37 Å². The molecule has 0 unspecified atom stereocenters. The molecular weight excluding hydrogens is 331 g/mol. The van der Waals surface area contributed by atoms with Crippen LogP contribution in [-0.4, -0.2) is 15.4 Å². The molecule has 1 aromatic heterocycles. The smallest absolute Gasteiger partial charge is 0.139 e. The fraction of sp³-hybridized carbons (Fsp3) is 0.500. The van der Waals surface area contributed by atoms with E-state index in [9.17, 15) is 4.39 Å². The molecule has 104 valence electrons. The standard InChI is InChI=1S/C14H17BrClFN2/c1-4-14(2,3)19-12-7-9(15)10(17)8-11(12)18-13(19)5-6-16/h7-8H,4-6H2,1-3H3. The Morgan fingerprint density at radius 1 is 1.42 bits per heavy atom. The molecule has 0 bridgehead atoms. The second kappa shape index (κ2) is 5.41. The molecule has 2 aromatic rings. The number of benzene rings is 1. The first-order valence-corrected chi connectivity index (χ1v) is 7.66. The van der Waals surface area contributed by atoms with Crippen molar-refractivity contribution in [2.45, 2.75) is 39.2 Å². The normalized spacial score (nSPS) is 12.3. The summed E-state index contributed by atoms with van der Waals surface area (Å²) in [6.45, 7) is 6.45. The maximum atomic E-state index is 13.6. The van der Waals surface area contributed by atoms with Crippen LogP contribution in [0.15, 0.2) is 16.6 Å². The molecule has 19 heavy (non-hydrogen) atoms. The van der Waals surface area contributed by atoms with Gasteiger partial charge in [-0.2, -0.15) is 0 Å². The molecule has 0 spiro atoms. The van der Waals surface area contributed by atoms with Gasteiger partial charge in [0.05, 0.1) is 15.5 Å². The van der Waals surface area contributed by atoms with Crippen LogP contribution in [0.25, 0.3) is 11.0 Å². The molecule has 0 amide bonds. The molecule has 5 heteroatoms. The van der Waals surface area contributed by atoms with E-state index in [0.29, 0.717) is 22.3 Å². The van der Waals surface area contributed by atoms with Crippen molar-refractivity contribution in [1.29, 1.82) is 0 Å². The van der Waals surface area contributed by atoms with Gasteiger partial charge >= 0.3 is 0 Å². The van der Waals surface area contributed by atoms with E-state index < -0.39 is 0 Å². The Labute approximate surface area is 126 Å². The van der Waals surface area contributed by atoms with Crippen LogP contribution < -0.4 is 0 Å². The summed E-state index contributed by atoms with van der Waals surface area (Å²) < 4.78 is 16.3. The SMILES string of the molecule is CCC(C)(C)n1c(CCCl)nc2cc(F)c(Br)cc21. The highest BCUT2D eigenvalue weighted by atomic mass is 79.9. The van der Waals surface area contributed by atoms with Gasteiger partial charge in [0, 0.05) is 23.9 Å². The number of imidazole rings is 1. The van der Waals surface area contributed by atoms with Crippen molar-refractivity contribution in [3.05, 3.63) is 28.2 Å². The highest BCUT2D eigenvalue weighted by Crippen LogP contribution is 2.31. The van der Waals surface area contributed by atoms with Crippen LogP contribution in [-0.2, 0) is 12.0 Å². The lowest BCUT2D eigenvalue weighted by Crippen LogP contribution is -2.27. The van der Waals surface area contributed by atoms with E-state index in [0.717, 1.165) is 17.8 Å². The van der Waals surface area contributed by atoms with Gasteiger partial charge in [-0.15, -0.1) is 11.6 Å². The number of hydrogen-bond acceptors (Lipinski definition) is 1. The second-order valence-corrected chi connectivity index (χ2v) is 6.46. The number of hydrogen-bond donors (Lipinski definition) is 0. The number of aromatic nitrogens is 2. The summed E-state index contributed by atoms with van der Waals surface area (Å²) in [5.41, 5.74) is 1.55. The fourth-order valence-electron chi connectivity index (χ4n) is 2.21. The Morgan fingerprint density at radius 2 is 2.11 bits per heavy atom. The van der Waals surface area contributed by atoms with Crippen molar-refractivity contribution in [3.63, 3.8) is 0 Å². The summed E-state index contributed by atoms with van der Waals surface area (Å²) in [6, 6.07) is 3.27. The predicted molar refractivity (Wildman–Crippen MR) is 81.4 cm³/mol. The molecule has 0 aliphatic heterocycles. The first kappa shape index (κ1) is 14.8. The lowest BCUT2D eigenvalue weighted by Gasteiger charge is -2.28. The Kier molecular flexibility index (Phi) is 4.21. The molecule has 0 saturated heterocycles. The first-order chi connectivity index (χ1) is 8.90. The maximum Gasteiger partial charge on any atom is 0.139 e. The monoisotopic (exact) mass is 346 g/mol. The third-order valence-corrected chi connectivity index (χ3v) is 4.35. The molecular formula is C14H17BrClFN2. The van der Waals surface area contributed by atoms with Crippen molar-refractivity contribution in [2.75, 3.05) is 5.88 Å². The van der Waals surface area contributed by atoms with Crippen LogP contribution in [0.5, 0.6) is 0 Å². The number of fused-ring (bicyclic) bond motifs is 1. The van der Waals surface area contributed by atoms with Crippen molar-refractivity contribution in [3.8, 4) is 0 Å². The van der Waals surface area contributed by atoms with Crippen LogP contribution in [0.4, 0.5) is 4.39 Å². The van der Waals surface area contributed by atoms with Crippen LogP contribution in [0.1, 0.15) is 33.0 Å². The van der Waals surface area contributed by atoms with E-state index in [4.69, 9.17) is 11.6 Å². The average molecular weight is 348 g/mol. The van der Waals surface area contributed by atoms with Gasteiger partial charge in [0.1, 0.15) is 11.6 Å². The zero-order valence-corrected chi connectivity index (χ0v) is 13.6. The zero-order chi connectivity index (χ0) is 14.2. The average Bonchev–Trinajstić information content (AvgIpc) is 2.68. The minimum atomic E-state index is -0.288. The van der Waals surface area contributed by atoms with E-state index in [1.54, 1.807) is 6.07 Å². The third kappa shape index (κ3) is 2.65. The molecule has 0 radical (unpaired) electrons. The molecule has 0 aliphatic rings. The molecule has 1 heterocycles. The molecule has 0 atom stereocenters. The predicted octanol–water partition coefficient (Wildman–Crippen LogP) is 4.86. The number of nitrogens with zero attached hydrogens (tertiary/aromatic N) is 2.